The fourth-order valence-electron chi connectivity index (χ4n) is 3.03. The van der Waals surface area contributed by atoms with Crippen LogP contribution in [0, 0.1) is 0 Å². The van der Waals surface area contributed by atoms with Crippen molar-refractivity contribution in [2.45, 2.75) is 39.3 Å². The lowest BCUT2D eigenvalue weighted by molar-refractivity contribution is 0.0536. The summed E-state index contributed by atoms with van der Waals surface area (Å²) in [6.45, 7) is 9.42. The average Bonchev–Trinajstić information content (AvgIpc) is 2.46. The van der Waals surface area contributed by atoms with Gasteiger partial charge in [0.15, 0.2) is 5.78 Å². The van der Waals surface area contributed by atoms with Crippen LogP contribution in [0.25, 0.3) is 0 Å². The molecule has 20 heavy (non-hydrogen) atoms. The third-order valence-electron chi connectivity index (χ3n) is 4.41. The van der Waals surface area contributed by atoms with Crippen molar-refractivity contribution in [2.75, 3.05) is 26.7 Å². The number of piperazine rings is 1. The highest BCUT2D eigenvalue weighted by Crippen LogP contribution is 2.16. The molecule has 1 saturated heterocycles. The first kappa shape index (κ1) is 15.2. The Hall–Kier alpha value is -1.19. The second kappa shape index (κ2) is 6.51. The number of aryl methyl sites for hydroxylation is 1. The lowest BCUT2D eigenvalue weighted by Gasteiger charge is -2.41. The molecule has 1 fully saturated rings. The van der Waals surface area contributed by atoms with Crippen LogP contribution in [-0.2, 0) is 6.42 Å². The average molecular weight is 274 g/mol. The van der Waals surface area contributed by atoms with Crippen LogP contribution in [0.1, 0.15) is 36.7 Å². The van der Waals surface area contributed by atoms with Gasteiger partial charge in [-0.15, -0.1) is 0 Å². The molecule has 0 N–H and O–H groups in total. The Morgan fingerprint density at radius 1 is 1.30 bits per heavy atom. The molecule has 3 heteroatoms. The summed E-state index contributed by atoms with van der Waals surface area (Å²) in [6.07, 6.45) is 1.01. The second-order valence-electron chi connectivity index (χ2n) is 5.94. The van der Waals surface area contributed by atoms with Gasteiger partial charge in [-0.05, 0) is 32.9 Å². The van der Waals surface area contributed by atoms with E-state index < -0.39 is 0 Å². The maximum Gasteiger partial charge on any atom is 0.179 e. The zero-order valence-corrected chi connectivity index (χ0v) is 13.1. The number of likely N-dealkylation sites (N-methyl/N-ethyl adjacent to an activating group) is 1. The van der Waals surface area contributed by atoms with E-state index in [1.165, 1.54) is 5.56 Å². The van der Waals surface area contributed by atoms with Crippen LogP contribution in [-0.4, -0.2) is 54.3 Å². The van der Waals surface area contributed by atoms with E-state index in [0.29, 0.717) is 6.04 Å². The van der Waals surface area contributed by atoms with Crippen LogP contribution < -0.4 is 0 Å². The van der Waals surface area contributed by atoms with E-state index in [0.717, 1.165) is 31.6 Å². The third kappa shape index (κ3) is 3.28. The lowest BCUT2D eigenvalue weighted by atomic mass is 10.00. The fourth-order valence-corrected chi connectivity index (χ4v) is 3.03. The van der Waals surface area contributed by atoms with Crippen molar-refractivity contribution >= 4 is 5.78 Å². The number of benzene rings is 1. The number of hydrogen-bond acceptors (Lipinski definition) is 3. The Bertz CT molecular complexity index is 455. The first-order valence-electron chi connectivity index (χ1n) is 7.60. The molecule has 0 saturated carbocycles. The standard InChI is InChI=1S/C17H26N2O/c1-5-15-6-8-16(9-7-15)17(20)14(3)19-11-10-18(4)12-13(19)2/h6-9,13-14H,5,10-12H2,1-4H3. The van der Waals surface area contributed by atoms with Gasteiger partial charge in [0.25, 0.3) is 0 Å². The number of Topliss-reactive ketones (excluding diaryl/α,β-unsaturated/α-hetero) is 1. The number of hydrogen-bond donors (Lipinski definition) is 0. The Labute approximate surface area is 122 Å². The third-order valence-corrected chi connectivity index (χ3v) is 4.41. The summed E-state index contributed by atoms with van der Waals surface area (Å²) in [5.41, 5.74) is 2.11. The lowest BCUT2D eigenvalue weighted by Crippen LogP contribution is -2.55. The topological polar surface area (TPSA) is 23.6 Å². The van der Waals surface area contributed by atoms with E-state index in [9.17, 15) is 4.79 Å². The van der Waals surface area contributed by atoms with Crippen LogP contribution in [0.3, 0.4) is 0 Å². The summed E-state index contributed by atoms with van der Waals surface area (Å²) in [6, 6.07) is 8.46. The summed E-state index contributed by atoms with van der Waals surface area (Å²) in [4.78, 5) is 17.3. The largest absolute Gasteiger partial charge is 0.304 e. The number of carbonyl (C=O) groups is 1. The zero-order valence-electron chi connectivity index (χ0n) is 13.1. The van der Waals surface area contributed by atoms with Gasteiger partial charge in [-0.2, -0.15) is 0 Å². The minimum absolute atomic E-state index is 0.0359. The summed E-state index contributed by atoms with van der Waals surface area (Å²) < 4.78 is 0. The molecular formula is C17H26N2O. The molecule has 1 heterocycles. The van der Waals surface area contributed by atoms with Gasteiger partial charge < -0.3 is 4.90 Å². The van der Waals surface area contributed by atoms with Crippen LogP contribution in [0.2, 0.25) is 0 Å². The highest BCUT2D eigenvalue weighted by Gasteiger charge is 2.29. The molecule has 2 rings (SSSR count). The normalized spacial score (nSPS) is 22.7. The molecule has 2 atom stereocenters. The molecule has 0 aliphatic carbocycles. The van der Waals surface area contributed by atoms with Crippen molar-refractivity contribution < 1.29 is 4.79 Å². The van der Waals surface area contributed by atoms with Gasteiger partial charge in [-0.25, -0.2) is 0 Å². The van der Waals surface area contributed by atoms with Crippen molar-refractivity contribution in [3.63, 3.8) is 0 Å². The van der Waals surface area contributed by atoms with Crippen molar-refractivity contribution in [1.82, 2.24) is 9.80 Å². The molecule has 1 aliphatic heterocycles. The minimum Gasteiger partial charge on any atom is -0.304 e. The molecule has 0 aromatic heterocycles. The Morgan fingerprint density at radius 3 is 2.50 bits per heavy atom. The molecule has 0 amide bonds. The van der Waals surface area contributed by atoms with Crippen molar-refractivity contribution in [1.29, 1.82) is 0 Å². The molecule has 1 aromatic rings. The minimum atomic E-state index is -0.0359. The molecule has 2 unspecified atom stereocenters. The number of nitrogens with zero attached hydrogens (tertiary/aromatic N) is 2. The number of ketones is 1. The van der Waals surface area contributed by atoms with E-state index in [4.69, 9.17) is 0 Å². The van der Waals surface area contributed by atoms with Crippen LogP contribution in [0.4, 0.5) is 0 Å². The van der Waals surface area contributed by atoms with E-state index in [2.05, 4.69) is 42.8 Å². The molecule has 1 aliphatic rings. The number of carbonyl (C=O) groups excluding carboxylic acids is 1. The van der Waals surface area contributed by atoms with Crippen LogP contribution >= 0.6 is 0 Å². The van der Waals surface area contributed by atoms with Gasteiger partial charge in [-0.3, -0.25) is 9.69 Å². The SMILES string of the molecule is CCc1ccc(C(=O)C(C)N2CCN(C)CC2C)cc1. The smallest absolute Gasteiger partial charge is 0.179 e. The van der Waals surface area contributed by atoms with Crippen LogP contribution in [0.15, 0.2) is 24.3 Å². The first-order valence-corrected chi connectivity index (χ1v) is 7.60. The summed E-state index contributed by atoms with van der Waals surface area (Å²) >= 11 is 0. The molecule has 0 bridgehead atoms. The fraction of sp³-hybridized carbons (Fsp3) is 0.588. The van der Waals surface area contributed by atoms with Gasteiger partial charge in [-0.1, -0.05) is 31.2 Å². The zero-order chi connectivity index (χ0) is 14.7. The Kier molecular flexibility index (Phi) is 4.95. The van der Waals surface area contributed by atoms with Gasteiger partial charge in [0, 0.05) is 31.2 Å². The molecule has 0 radical (unpaired) electrons. The summed E-state index contributed by atoms with van der Waals surface area (Å²) in [5.74, 6) is 0.240. The van der Waals surface area contributed by atoms with Crippen molar-refractivity contribution in [2.24, 2.45) is 0 Å². The van der Waals surface area contributed by atoms with Crippen LogP contribution in [0.5, 0.6) is 0 Å². The predicted molar refractivity (Wildman–Crippen MR) is 83.3 cm³/mol. The quantitative estimate of drug-likeness (QED) is 0.788. The number of rotatable bonds is 4. The highest BCUT2D eigenvalue weighted by molar-refractivity contribution is 5.99. The van der Waals surface area contributed by atoms with Crippen molar-refractivity contribution in [3.05, 3.63) is 35.4 Å². The molecule has 110 valence electrons. The van der Waals surface area contributed by atoms with E-state index in [1.807, 2.05) is 19.1 Å². The maximum atomic E-state index is 12.6. The summed E-state index contributed by atoms with van der Waals surface area (Å²) in [7, 11) is 2.14. The van der Waals surface area contributed by atoms with Crippen molar-refractivity contribution in [3.8, 4) is 0 Å². The molecular weight excluding hydrogens is 248 g/mol. The predicted octanol–water partition coefficient (Wildman–Crippen LogP) is 2.46. The highest BCUT2D eigenvalue weighted by atomic mass is 16.1. The monoisotopic (exact) mass is 274 g/mol. The molecule has 3 nitrogen and oxygen atoms in total. The summed E-state index contributed by atoms with van der Waals surface area (Å²) in [5, 5.41) is 0. The second-order valence-corrected chi connectivity index (χ2v) is 5.94. The van der Waals surface area contributed by atoms with E-state index >= 15 is 0 Å². The van der Waals surface area contributed by atoms with E-state index in [1.54, 1.807) is 0 Å². The van der Waals surface area contributed by atoms with Gasteiger partial charge in [0.1, 0.15) is 0 Å². The Balaban J connectivity index is 2.07. The van der Waals surface area contributed by atoms with Gasteiger partial charge in [0.05, 0.1) is 6.04 Å². The maximum absolute atomic E-state index is 12.6. The van der Waals surface area contributed by atoms with E-state index in [-0.39, 0.29) is 11.8 Å². The molecule has 0 spiro atoms. The molecule has 1 aromatic carbocycles. The van der Waals surface area contributed by atoms with Gasteiger partial charge in [0.2, 0.25) is 0 Å². The van der Waals surface area contributed by atoms with Gasteiger partial charge >= 0.3 is 0 Å². The Morgan fingerprint density at radius 2 is 1.95 bits per heavy atom. The first-order chi connectivity index (χ1) is 9.52.